The van der Waals surface area contributed by atoms with Gasteiger partial charge in [0.2, 0.25) is 11.8 Å². The normalized spacial score (nSPS) is 29.7. The summed E-state index contributed by atoms with van der Waals surface area (Å²) in [6, 6.07) is 0.402. The number of nitrogens with two attached hydrogens (primary N) is 1. The summed E-state index contributed by atoms with van der Waals surface area (Å²) in [7, 11) is 0. The van der Waals surface area contributed by atoms with E-state index in [1.165, 1.54) is 0 Å². The minimum Gasteiger partial charge on any atom is -0.368 e. The molecule has 2 saturated heterocycles. The summed E-state index contributed by atoms with van der Waals surface area (Å²) in [5.41, 5.74) is 5.52. The zero-order chi connectivity index (χ0) is 14.0. The molecule has 19 heavy (non-hydrogen) atoms. The zero-order valence-electron chi connectivity index (χ0n) is 12.0. The highest BCUT2D eigenvalue weighted by atomic mass is 16.2. The summed E-state index contributed by atoms with van der Waals surface area (Å²) in [6.45, 7) is 5.43. The van der Waals surface area contributed by atoms with Gasteiger partial charge in [-0.05, 0) is 38.6 Å². The summed E-state index contributed by atoms with van der Waals surface area (Å²) in [6.07, 6.45) is 5.03. The third-order valence-corrected chi connectivity index (χ3v) is 4.61. The maximum Gasteiger partial charge on any atom is 0.234 e. The lowest BCUT2D eigenvalue weighted by Crippen LogP contribution is -2.54. The molecule has 0 aromatic rings. The Bertz CT molecular complexity index is 359. The molecule has 0 aromatic carbocycles. The van der Waals surface area contributed by atoms with Crippen LogP contribution in [0.25, 0.3) is 0 Å². The van der Waals surface area contributed by atoms with Crippen LogP contribution in [-0.2, 0) is 9.59 Å². The number of nitrogens with zero attached hydrogens (tertiary/aromatic N) is 2. The molecular formula is C14H25N3O2. The second kappa shape index (κ2) is 5.90. The number of primary amides is 1. The minimum atomic E-state index is -0.234. The quantitative estimate of drug-likeness (QED) is 0.816. The fourth-order valence-electron chi connectivity index (χ4n) is 3.80. The van der Waals surface area contributed by atoms with Gasteiger partial charge >= 0.3 is 0 Å². The van der Waals surface area contributed by atoms with Gasteiger partial charge < -0.3 is 10.6 Å². The molecule has 2 amide bonds. The molecule has 2 fully saturated rings. The van der Waals surface area contributed by atoms with Crippen LogP contribution >= 0.6 is 0 Å². The van der Waals surface area contributed by atoms with E-state index in [4.69, 9.17) is 5.73 Å². The zero-order valence-corrected chi connectivity index (χ0v) is 12.0. The maximum absolute atomic E-state index is 11.7. The number of hydrogen-bond donors (Lipinski definition) is 1. The maximum atomic E-state index is 11.7. The number of carbonyl (C=O) groups is 2. The van der Waals surface area contributed by atoms with E-state index in [-0.39, 0.29) is 23.9 Å². The van der Waals surface area contributed by atoms with Gasteiger partial charge in [-0.2, -0.15) is 0 Å². The van der Waals surface area contributed by atoms with E-state index in [0.29, 0.717) is 6.04 Å². The number of amides is 2. The number of likely N-dealkylation sites (tertiary alicyclic amines) is 2. The van der Waals surface area contributed by atoms with Crippen molar-refractivity contribution < 1.29 is 9.59 Å². The number of rotatable bonds is 4. The first-order valence-electron chi connectivity index (χ1n) is 7.38. The lowest BCUT2D eigenvalue weighted by Gasteiger charge is -2.37. The highest BCUT2D eigenvalue weighted by Gasteiger charge is 2.41. The van der Waals surface area contributed by atoms with E-state index in [2.05, 4.69) is 4.90 Å². The van der Waals surface area contributed by atoms with E-state index in [0.717, 1.165) is 45.2 Å². The Hall–Kier alpha value is -1.10. The molecular weight excluding hydrogens is 242 g/mol. The molecule has 5 nitrogen and oxygen atoms in total. The predicted octanol–water partition coefficient (Wildman–Crippen LogP) is 0.726. The van der Waals surface area contributed by atoms with Crippen molar-refractivity contribution in [3.05, 3.63) is 0 Å². The van der Waals surface area contributed by atoms with Crippen LogP contribution in [0, 0.1) is 0 Å². The van der Waals surface area contributed by atoms with Gasteiger partial charge in [0.15, 0.2) is 0 Å². The summed E-state index contributed by atoms with van der Waals surface area (Å²) in [5, 5.41) is 0. The first-order valence-corrected chi connectivity index (χ1v) is 7.38. The van der Waals surface area contributed by atoms with Gasteiger partial charge in [-0.15, -0.1) is 0 Å². The number of carbonyl (C=O) groups excluding carboxylic acids is 2. The fourth-order valence-corrected chi connectivity index (χ4v) is 3.80. The monoisotopic (exact) mass is 267 g/mol. The van der Waals surface area contributed by atoms with Crippen molar-refractivity contribution in [1.82, 2.24) is 9.80 Å². The Labute approximate surface area is 115 Å². The van der Waals surface area contributed by atoms with Crippen LogP contribution in [0.1, 0.15) is 46.0 Å². The first-order chi connectivity index (χ1) is 9.06. The average Bonchev–Trinajstić information content (AvgIpc) is 2.95. The molecule has 108 valence electrons. The van der Waals surface area contributed by atoms with Gasteiger partial charge in [-0.3, -0.25) is 14.5 Å². The summed E-state index contributed by atoms with van der Waals surface area (Å²) in [4.78, 5) is 27.5. The van der Waals surface area contributed by atoms with Crippen molar-refractivity contribution in [2.45, 2.75) is 64.1 Å². The standard InChI is InChI=1S/C14H25N3O2/c1-3-11(14(15)19)17-9-5-7-13(17)12-6-4-8-16(12)10(2)18/h11-13H,3-9H2,1-2H3,(H2,15,19)/t11-,12-,13-/m1/s1. The molecule has 2 aliphatic heterocycles. The Morgan fingerprint density at radius 3 is 2.42 bits per heavy atom. The fraction of sp³-hybridized carbons (Fsp3) is 0.857. The average molecular weight is 267 g/mol. The van der Waals surface area contributed by atoms with E-state index < -0.39 is 0 Å². The molecule has 0 aliphatic carbocycles. The van der Waals surface area contributed by atoms with Crippen molar-refractivity contribution in [3.63, 3.8) is 0 Å². The molecule has 2 aliphatic rings. The van der Waals surface area contributed by atoms with Crippen molar-refractivity contribution in [1.29, 1.82) is 0 Å². The molecule has 0 aromatic heterocycles. The van der Waals surface area contributed by atoms with Crippen molar-refractivity contribution in [2.75, 3.05) is 13.1 Å². The van der Waals surface area contributed by atoms with Crippen LogP contribution in [0.4, 0.5) is 0 Å². The van der Waals surface area contributed by atoms with Crippen LogP contribution in [-0.4, -0.2) is 52.8 Å². The molecule has 0 radical (unpaired) electrons. The molecule has 3 atom stereocenters. The molecule has 5 heteroatoms. The SMILES string of the molecule is CC[C@H](C(N)=O)N1CCC[C@@H]1[C@H]1CCCN1C(C)=O. The van der Waals surface area contributed by atoms with Crippen LogP contribution in [0.5, 0.6) is 0 Å². The van der Waals surface area contributed by atoms with Gasteiger partial charge in [0.1, 0.15) is 0 Å². The third-order valence-electron chi connectivity index (χ3n) is 4.61. The van der Waals surface area contributed by atoms with E-state index in [1.807, 2.05) is 11.8 Å². The molecule has 0 bridgehead atoms. The van der Waals surface area contributed by atoms with Crippen molar-refractivity contribution in [3.8, 4) is 0 Å². The third kappa shape index (κ3) is 2.76. The van der Waals surface area contributed by atoms with Crippen LogP contribution in [0.3, 0.4) is 0 Å². The summed E-state index contributed by atoms with van der Waals surface area (Å²) in [5.74, 6) is -0.0803. The second-order valence-electron chi connectivity index (χ2n) is 5.70. The highest BCUT2D eigenvalue weighted by Crippen LogP contribution is 2.31. The molecule has 2 heterocycles. The molecule has 0 unspecified atom stereocenters. The molecule has 2 N–H and O–H groups in total. The van der Waals surface area contributed by atoms with Gasteiger partial charge in [-0.25, -0.2) is 0 Å². The lowest BCUT2D eigenvalue weighted by atomic mass is 10.0. The molecule has 0 saturated carbocycles. The minimum absolute atomic E-state index is 0.154. The topological polar surface area (TPSA) is 66.6 Å². The largest absolute Gasteiger partial charge is 0.368 e. The van der Waals surface area contributed by atoms with Gasteiger partial charge in [0, 0.05) is 25.6 Å². The van der Waals surface area contributed by atoms with E-state index in [1.54, 1.807) is 6.92 Å². The molecule has 0 spiro atoms. The van der Waals surface area contributed by atoms with Gasteiger partial charge in [0.05, 0.1) is 6.04 Å². The van der Waals surface area contributed by atoms with Crippen LogP contribution < -0.4 is 5.73 Å². The van der Waals surface area contributed by atoms with Crippen LogP contribution in [0.15, 0.2) is 0 Å². The highest BCUT2D eigenvalue weighted by molar-refractivity contribution is 5.80. The van der Waals surface area contributed by atoms with Crippen LogP contribution in [0.2, 0.25) is 0 Å². The van der Waals surface area contributed by atoms with E-state index in [9.17, 15) is 9.59 Å². The molecule has 2 rings (SSSR count). The Morgan fingerprint density at radius 2 is 1.84 bits per heavy atom. The van der Waals surface area contributed by atoms with Crippen molar-refractivity contribution in [2.24, 2.45) is 5.73 Å². The summed E-state index contributed by atoms with van der Waals surface area (Å²) < 4.78 is 0. The Balaban J connectivity index is 2.14. The van der Waals surface area contributed by atoms with Crippen molar-refractivity contribution >= 4 is 11.8 Å². The second-order valence-corrected chi connectivity index (χ2v) is 5.70. The number of hydrogen-bond acceptors (Lipinski definition) is 3. The Morgan fingerprint density at radius 1 is 1.21 bits per heavy atom. The van der Waals surface area contributed by atoms with Gasteiger partial charge in [-0.1, -0.05) is 6.92 Å². The predicted molar refractivity (Wildman–Crippen MR) is 73.4 cm³/mol. The van der Waals surface area contributed by atoms with Gasteiger partial charge in [0.25, 0.3) is 0 Å². The Kier molecular flexibility index (Phi) is 4.45. The summed E-state index contributed by atoms with van der Waals surface area (Å²) >= 11 is 0. The van der Waals surface area contributed by atoms with E-state index >= 15 is 0 Å². The first kappa shape index (κ1) is 14.3. The lowest BCUT2D eigenvalue weighted by molar-refractivity contribution is -0.131. The smallest absolute Gasteiger partial charge is 0.234 e.